The molecule has 3 aromatic rings. The van der Waals surface area contributed by atoms with Crippen LogP contribution in [0, 0.1) is 13.8 Å². The molecule has 0 aliphatic carbocycles. The number of nitrogens with one attached hydrogen (secondary N) is 1. The van der Waals surface area contributed by atoms with Crippen LogP contribution in [0.3, 0.4) is 0 Å². The summed E-state index contributed by atoms with van der Waals surface area (Å²) in [7, 11) is 4.54. The van der Waals surface area contributed by atoms with Gasteiger partial charge >= 0.3 is 0 Å². The van der Waals surface area contributed by atoms with Crippen molar-refractivity contribution in [1.29, 1.82) is 0 Å². The molecule has 0 heterocycles. The summed E-state index contributed by atoms with van der Waals surface area (Å²) in [6.07, 6.45) is 0. The third-order valence-electron chi connectivity index (χ3n) is 4.64. The Kier molecular flexibility index (Phi) is 4.90. The Labute approximate surface area is 157 Å². The first-order chi connectivity index (χ1) is 12.9. The zero-order valence-electron chi connectivity index (χ0n) is 15.9. The molecule has 0 amide bonds. The van der Waals surface area contributed by atoms with Crippen LogP contribution in [0.25, 0.3) is 11.1 Å². The molecule has 6 nitrogen and oxygen atoms in total. The SMILES string of the molecule is COc1cc(Nc2c(-c3ccc(C)c(C)c3)c(=O)c2=O)cc(OC)c1OC. The molecular formula is C21H21NO5. The van der Waals surface area contributed by atoms with E-state index >= 15 is 0 Å². The summed E-state index contributed by atoms with van der Waals surface area (Å²) < 4.78 is 16.0. The monoisotopic (exact) mass is 367 g/mol. The van der Waals surface area contributed by atoms with Crippen LogP contribution in [0.2, 0.25) is 0 Å². The average Bonchev–Trinajstić information content (AvgIpc) is 2.68. The Morgan fingerprint density at radius 2 is 1.41 bits per heavy atom. The summed E-state index contributed by atoms with van der Waals surface area (Å²) in [6, 6.07) is 9.06. The third kappa shape index (κ3) is 3.14. The van der Waals surface area contributed by atoms with Gasteiger partial charge in [-0.1, -0.05) is 18.2 Å². The molecule has 0 aliphatic rings. The van der Waals surface area contributed by atoms with Gasteiger partial charge in [0, 0.05) is 17.8 Å². The van der Waals surface area contributed by atoms with Gasteiger partial charge in [-0.3, -0.25) is 9.59 Å². The lowest BCUT2D eigenvalue weighted by Gasteiger charge is -2.17. The lowest BCUT2D eigenvalue weighted by Crippen LogP contribution is -2.35. The second-order valence-corrected chi connectivity index (χ2v) is 6.25. The van der Waals surface area contributed by atoms with Crippen molar-refractivity contribution in [2.75, 3.05) is 26.6 Å². The molecule has 1 N–H and O–H groups in total. The molecule has 6 heteroatoms. The van der Waals surface area contributed by atoms with E-state index < -0.39 is 10.9 Å². The number of hydrogen-bond donors (Lipinski definition) is 1. The maximum Gasteiger partial charge on any atom is 0.250 e. The Hall–Kier alpha value is -3.28. The molecule has 0 saturated carbocycles. The Bertz CT molecular complexity index is 1050. The summed E-state index contributed by atoms with van der Waals surface area (Å²) in [6.45, 7) is 3.97. The van der Waals surface area contributed by atoms with E-state index in [-0.39, 0.29) is 5.69 Å². The van der Waals surface area contributed by atoms with Crippen molar-refractivity contribution in [2.24, 2.45) is 0 Å². The predicted molar refractivity (Wildman–Crippen MR) is 106 cm³/mol. The molecule has 140 valence electrons. The fraction of sp³-hybridized carbons (Fsp3) is 0.238. The first kappa shape index (κ1) is 18.5. The molecule has 0 atom stereocenters. The van der Waals surface area contributed by atoms with Gasteiger partial charge in [0.2, 0.25) is 11.2 Å². The van der Waals surface area contributed by atoms with Crippen molar-refractivity contribution >= 4 is 11.4 Å². The summed E-state index contributed by atoms with van der Waals surface area (Å²) in [5.41, 5.74) is 3.06. The molecule has 3 rings (SSSR count). The molecule has 0 saturated heterocycles. The maximum atomic E-state index is 12.2. The van der Waals surface area contributed by atoms with Crippen molar-refractivity contribution in [3.05, 3.63) is 61.9 Å². The number of aryl methyl sites for hydroxylation is 2. The molecule has 0 aliphatic heterocycles. The Morgan fingerprint density at radius 1 is 0.778 bits per heavy atom. The van der Waals surface area contributed by atoms with Crippen molar-refractivity contribution in [3.63, 3.8) is 0 Å². The summed E-state index contributed by atoms with van der Waals surface area (Å²) in [5.74, 6) is 1.35. The minimum atomic E-state index is -0.544. The van der Waals surface area contributed by atoms with Gasteiger partial charge in [-0.15, -0.1) is 0 Å². The van der Waals surface area contributed by atoms with Crippen molar-refractivity contribution < 1.29 is 14.2 Å². The van der Waals surface area contributed by atoms with Gasteiger partial charge in [-0.2, -0.15) is 0 Å². The molecule has 0 fully saturated rings. The molecule has 3 aromatic carbocycles. The Balaban J connectivity index is 2.05. The van der Waals surface area contributed by atoms with Gasteiger partial charge < -0.3 is 19.5 Å². The van der Waals surface area contributed by atoms with Gasteiger partial charge in [0.25, 0.3) is 5.43 Å². The molecule has 27 heavy (non-hydrogen) atoms. The second-order valence-electron chi connectivity index (χ2n) is 6.25. The van der Waals surface area contributed by atoms with E-state index in [0.717, 1.165) is 16.7 Å². The summed E-state index contributed by atoms with van der Waals surface area (Å²) in [5, 5.41) is 3.04. The molecule has 0 radical (unpaired) electrons. The van der Waals surface area contributed by atoms with E-state index in [0.29, 0.717) is 28.5 Å². The molecular weight excluding hydrogens is 346 g/mol. The third-order valence-corrected chi connectivity index (χ3v) is 4.64. The highest BCUT2D eigenvalue weighted by molar-refractivity contribution is 5.85. The van der Waals surface area contributed by atoms with Gasteiger partial charge in [0.05, 0.1) is 26.9 Å². The minimum Gasteiger partial charge on any atom is -0.493 e. The van der Waals surface area contributed by atoms with Crippen LogP contribution >= 0.6 is 0 Å². The largest absolute Gasteiger partial charge is 0.493 e. The maximum absolute atomic E-state index is 12.2. The second kappa shape index (κ2) is 7.15. The number of benzene rings is 2. The predicted octanol–water partition coefficient (Wildman–Crippen LogP) is 3.34. The van der Waals surface area contributed by atoms with E-state index in [1.807, 2.05) is 32.0 Å². The average molecular weight is 367 g/mol. The van der Waals surface area contributed by atoms with Crippen LogP contribution in [0.5, 0.6) is 17.2 Å². The summed E-state index contributed by atoms with van der Waals surface area (Å²) in [4.78, 5) is 24.4. The van der Waals surface area contributed by atoms with Gasteiger partial charge in [0.1, 0.15) is 5.69 Å². The first-order valence-corrected chi connectivity index (χ1v) is 8.39. The fourth-order valence-corrected chi connectivity index (χ4v) is 2.98. The lowest BCUT2D eigenvalue weighted by molar-refractivity contribution is 0.324. The zero-order chi connectivity index (χ0) is 19.7. The lowest BCUT2D eigenvalue weighted by atomic mass is 9.95. The zero-order valence-corrected chi connectivity index (χ0v) is 15.9. The van der Waals surface area contributed by atoms with E-state index in [1.165, 1.54) is 21.3 Å². The highest BCUT2D eigenvalue weighted by Crippen LogP contribution is 2.41. The Morgan fingerprint density at radius 3 is 1.93 bits per heavy atom. The fourth-order valence-electron chi connectivity index (χ4n) is 2.98. The van der Waals surface area contributed by atoms with Crippen LogP contribution < -0.4 is 30.4 Å². The van der Waals surface area contributed by atoms with Crippen molar-refractivity contribution in [2.45, 2.75) is 13.8 Å². The van der Waals surface area contributed by atoms with Gasteiger partial charge in [-0.05, 0) is 30.5 Å². The first-order valence-electron chi connectivity index (χ1n) is 8.39. The number of anilines is 2. The minimum absolute atomic E-state index is 0.262. The highest BCUT2D eigenvalue weighted by Gasteiger charge is 2.23. The van der Waals surface area contributed by atoms with Crippen LogP contribution in [0.15, 0.2) is 39.9 Å². The molecule has 0 bridgehead atoms. The van der Waals surface area contributed by atoms with Crippen molar-refractivity contribution in [1.82, 2.24) is 0 Å². The standard InChI is InChI=1S/C21H21NO5/c1-11-6-7-13(8-12(11)2)17-18(20(24)19(17)23)22-14-9-15(25-3)21(27-5)16(10-14)26-4/h6-10,22H,1-5H3. The number of methoxy groups -OCH3 is 3. The normalized spacial score (nSPS) is 10.7. The van der Waals surface area contributed by atoms with E-state index in [2.05, 4.69) is 5.32 Å². The molecule has 0 aromatic heterocycles. The number of rotatable bonds is 6. The van der Waals surface area contributed by atoms with E-state index in [1.54, 1.807) is 12.1 Å². The quantitative estimate of drug-likeness (QED) is 0.674. The van der Waals surface area contributed by atoms with Gasteiger partial charge in [0.15, 0.2) is 11.5 Å². The number of ether oxygens (including phenoxy) is 3. The van der Waals surface area contributed by atoms with Crippen LogP contribution in [-0.2, 0) is 0 Å². The van der Waals surface area contributed by atoms with Crippen molar-refractivity contribution in [3.8, 4) is 28.4 Å². The van der Waals surface area contributed by atoms with Crippen LogP contribution in [0.4, 0.5) is 11.4 Å². The molecule has 0 spiro atoms. The van der Waals surface area contributed by atoms with E-state index in [9.17, 15) is 9.59 Å². The van der Waals surface area contributed by atoms with Crippen LogP contribution in [0.1, 0.15) is 11.1 Å². The number of hydrogen-bond acceptors (Lipinski definition) is 6. The van der Waals surface area contributed by atoms with E-state index in [4.69, 9.17) is 14.2 Å². The highest BCUT2D eigenvalue weighted by atomic mass is 16.5. The topological polar surface area (TPSA) is 73.9 Å². The van der Waals surface area contributed by atoms with Crippen LogP contribution in [-0.4, -0.2) is 21.3 Å². The smallest absolute Gasteiger partial charge is 0.250 e. The molecule has 0 unspecified atom stereocenters. The summed E-state index contributed by atoms with van der Waals surface area (Å²) >= 11 is 0. The van der Waals surface area contributed by atoms with Gasteiger partial charge in [-0.25, -0.2) is 0 Å².